The summed E-state index contributed by atoms with van der Waals surface area (Å²) in [7, 11) is 0. The van der Waals surface area contributed by atoms with E-state index in [0.717, 1.165) is 12.0 Å². The quantitative estimate of drug-likeness (QED) is 0.247. The molecule has 202 valence electrons. The second-order valence-electron chi connectivity index (χ2n) is 9.73. The molecule has 0 fully saturated rings. The number of hydrogen-bond acceptors (Lipinski definition) is 3. The number of nitrogens with zero attached hydrogens (tertiary/aromatic N) is 1. The van der Waals surface area contributed by atoms with Crippen LogP contribution in [0.15, 0.2) is 66.7 Å². The molecule has 7 heteroatoms. The van der Waals surface area contributed by atoms with Crippen molar-refractivity contribution in [2.24, 2.45) is 0 Å². The van der Waals surface area contributed by atoms with Crippen LogP contribution in [0.1, 0.15) is 48.1 Å². The molecule has 4 nitrogen and oxygen atoms in total. The summed E-state index contributed by atoms with van der Waals surface area (Å²) < 4.78 is 0. The monoisotopic (exact) mass is 570 g/mol. The highest BCUT2D eigenvalue weighted by atomic mass is 35.5. The zero-order valence-electron chi connectivity index (χ0n) is 22.5. The van der Waals surface area contributed by atoms with E-state index in [9.17, 15) is 9.59 Å². The fraction of sp³-hybridized carbons (Fsp3) is 0.355. The molecule has 3 aromatic rings. The molecular formula is C31H36Cl2N2O2S. The standard InChI is InChI=1S/C31H36Cl2N2O2S/c1-5-23(4)34-31(37)29(17-24-10-7-6-8-11-24)35(18-26-27(32)12-9-13-28(26)33)30(36)20-38-19-25-15-21(2)14-22(3)16-25/h6-16,23,29H,5,17-20H2,1-4H3,(H,34,37)/t23-,29+/m1/s1. The van der Waals surface area contributed by atoms with Crippen LogP contribution in [0.2, 0.25) is 10.0 Å². The van der Waals surface area contributed by atoms with Crippen LogP contribution >= 0.6 is 35.0 Å². The molecule has 2 atom stereocenters. The average Bonchev–Trinajstić information content (AvgIpc) is 2.87. The van der Waals surface area contributed by atoms with Crippen LogP contribution in [0, 0.1) is 13.8 Å². The summed E-state index contributed by atoms with van der Waals surface area (Å²) in [5.74, 6) is 0.628. The van der Waals surface area contributed by atoms with Gasteiger partial charge in [-0.2, -0.15) is 0 Å². The van der Waals surface area contributed by atoms with Gasteiger partial charge in [-0.3, -0.25) is 9.59 Å². The number of hydrogen-bond donors (Lipinski definition) is 1. The van der Waals surface area contributed by atoms with Gasteiger partial charge in [0.1, 0.15) is 6.04 Å². The van der Waals surface area contributed by atoms with Crippen LogP contribution in [-0.4, -0.2) is 34.6 Å². The predicted molar refractivity (Wildman–Crippen MR) is 161 cm³/mol. The highest BCUT2D eigenvalue weighted by Gasteiger charge is 2.31. The number of thioether (sulfide) groups is 1. The van der Waals surface area contributed by atoms with Gasteiger partial charge in [-0.15, -0.1) is 11.8 Å². The van der Waals surface area contributed by atoms with Crippen LogP contribution in [0.3, 0.4) is 0 Å². The Morgan fingerprint density at radius 1 is 0.921 bits per heavy atom. The van der Waals surface area contributed by atoms with Crippen molar-refractivity contribution in [3.8, 4) is 0 Å². The van der Waals surface area contributed by atoms with Gasteiger partial charge in [-0.25, -0.2) is 0 Å². The van der Waals surface area contributed by atoms with E-state index >= 15 is 0 Å². The molecule has 0 saturated carbocycles. The number of carbonyl (C=O) groups is 2. The van der Waals surface area contributed by atoms with Gasteiger partial charge in [-0.1, -0.05) is 95.8 Å². The number of halogens is 2. The van der Waals surface area contributed by atoms with Crippen molar-refractivity contribution < 1.29 is 9.59 Å². The van der Waals surface area contributed by atoms with E-state index in [1.165, 1.54) is 16.7 Å². The lowest BCUT2D eigenvalue weighted by Gasteiger charge is -2.32. The molecule has 0 bridgehead atoms. The summed E-state index contributed by atoms with van der Waals surface area (Å²) in [4.78, 5) is 29.1. The molecule has 0 unspecified atom stereocenters. The van der Waals surface area contributed by atoms with Gasteiger partial charge < -0.3 is 10.2 Å². The first-order chi connectivity index (χ1) is 18.2. The molecule has 0 spiro atoms. The lowest BCUT2D eigenvalue weighted by Crippen LogP contribution is -2.52. The van der Waals surface area contributed by atoms with Crippen LogP contribution in [0.5, 0.6) is 0 Å². The van der Waals surface area contributed by atoms with Crippen molar-refractivity contribution in [1.82, 2.24) is 10.2 Å². The largest absolute Gasteiger partial charge is 0.352 e. The minimum absolute atomic E-state index is 0.0134. The van der Waals surface area contributed by atoms with Gasteiger partial charge in [-0.05, 0) is 50.5 Å². The van der Waals surface area contributed by atoms with Crippen molar-refractivity contribution in [2.75, 3.05) is 5.75 Å². The maximum absolute atomic E-state index is 13.8. The molecule has 3 aromatic carbocycles. The lowest BCUT2D eigenvalue weighted by molar-refractivity contribution is -0.139. The number of benzene rings is 3. The van der Waals surface area contributed by atoms with E-state index in [1.54, 1.807) is 34.9 Å². The first-order valence-corrected chi connectivity index (χ1v) is 14.8. The van der Waals surface area contributed by atoms with Crippen molar-refractivity contribution in [2.45, 2.75) is 64.9 Å². The lowest BCUT2D eigenvalue weighted by atomic mass is 10.0. The maximum Gasteiger partial charge on any atom is 0.243 e. The molecule has 0 radical (unpaired) electrons. The van der Waals surface area contributed by atoms with Crippen LogP contribution in [-0.2, 0) is 28.3 Å². The van der Waals surface area contributed by atoms with E-state index < -0.39 is 6.04 Å². The molecule has 0 saturated heterocycles. The summed E-state index contributed by atoms with van der Waals surface area (Å²) in [6, 6.07) is 20.8. The van der Waals surface area contributed by atoms with Crippen LogP contribution < -0.4 is 5.32 Å². The Morgan fingerprint density at radius 2 is 1.55 bits per heavy atom. The first-order valence-electron chi connectivity index (χ1n) is 12.9. The van der Waals surface area contributed by atoms with Crippen LogP contribution in [0.4, 0.5) is 0 Å². The zero-order valence-corrected chi connectivity index (χ0v) is 24.8. The Morgan fingerprint density at radius 3 is 2.16 bits per heavy atom. The predicted octanol–water partition coefficient (Wildman–Crippen LogP) is 7.40. The first kappa shape index (κ1) is 30.1. The average molecular weight is 572 g/mol. The van der Waals surface area contributed by atoms with E-state index in [2.05, 4.69) is 37.4 Å². The Bertz CT molecular complexity index is 1200. The summed E-state index contributed by atoms with van der Waals surface area (Å²) >= 11 is 14.6. The highest BCUT2D eigenvalue weighted by molar-refractivity contribution is 7.99. The van der Waals surface area contributed by atoms with E-state index in [1.807, 2.05) is 44.2 Å². The van der Waals surface area contributed by atoms with Gasteiger partial charge in [0, 0.05) is 40.4 Å². The number of carbonyl (C=O) groups excluding carboxylic acids is 2. The minimum atomic E-state index is -0.715. The third-order valence-corrected chi connectivity index (χ3v) is 8.13. The molecule has 1 N–H and O–H groups in total. The molecule has 3 rings (SSSR count). The number of nitrogens with one attached hydrogen (secondary N) is 1. The summed E-state index contributed by atoms with van der Waals surface area (Å²) in [6.07, 6.45) is 1.18. The van der Waals surface area contributed by atoms with Crippen molar-refractivity contribution in [3.05, 3.63) is 105 Å². The third kappa shape index (κ3) is 8.79. The fourth-order valence-electron chi connectivity index (χ4n) is 4.34. The van der Waals surface area contributed by atoms with Gasteiger partial charge >= 0.3 is 0 Å². The van der Waals surface area contributed by atoms with Gasteiger partial charge in [0.25, 0.3) is 0 Å². The second kappa shape index (κ2) is 14.6. The van der Waals surface area contributed by atoms with Gasteiger partial charge in [0.2, 0.25) is 11.8 Å². The molecule has 2 amide bonds. The van der Waals surface area contributed by atoms with Crippen LogP contribution in [0.25, 0.3) is 0 Å². The Balaban J connectivity index is 1.91. The van der Waals surface area contributed by atoms with Crippen molar-refractivity contribution in [3.63, 3.8) is 0 Å². The molecule has 0 aliphatic rings. The zero-order chi connectivity index (χ0) is 27.7. The SMILES string of the molecule is CC[C@@H](C)NC(=O)[C@H](Cc1ccccc1)N(Cc1c(Cl)cccc1Cl)C(=O)CSCc1cc(C)cc(C)c1. The molecule has 38 heavy (non-hydrogen) atoms. The molecular weight excluding hydrogens is 535 g/mol. The molecule has 0 aliphatic carbocycles. The maximum atomic E-state index is 13.8. The number of amides is 2. The summed E-state index contributed by atoms with van der Waals surface area (Å²) in [5, 5.41) is 4.03. The minimum Gasteiger partial charge on any atom is -0.352 e. The molecule has 0 aliphatic heterocycles. The topological polar surface area (TPSA) is 49.4 Å². The van der Waals surface area contributed by atoms with Gasteiger partial charge in [0.05, 0.1) is 5.75 Å². The van der Waals surface area contributed by atoms with E-state index in [4.69, 9.17) is 23.2 Å². The highest BCUT2D eigenvalue weighted by Crippen LogP contribution is 2.28. The smallest absolute Gasteiger partial charge is 0.243 e. The number of rotatable bonds is 12. The summed E-state index contributed by atoms with van der Waals surface area (Å²) in [5.41, 5.74) is 5.19. The van der Waals surface area contributed by atoms with E-state index in [-0.39, 0.29) is 30.2 Å². The Labute approximate surface area is 241 Å². The Hall–Kier alpha value is -2.47. The number of aryl methyl sites for hydroxylation is 2. The van der Waals surface area contributed by atoms with E-state index in [0.29, 0.717) is 27.8 Å². The van der Waals surface area contributed by atoms with Crippen molar-refractivity contribution in [1.29, 1.82) is 0 Å². The third-order valence-electron chi connectivity index (χ3n) is 6.44. The van der Waals surface area contributed by atoms with Gasteiger partial charge in [0.15, 0.2) is 0 Å². The second-order valence-corrected chi connectivity index (χ2v) is 11.5. The van der Waals surface area contributed by atoms with Crippen molar-refractivity contribution >= 4 is 46.8 Å². The molecule has 0 heterocycles. The fourth-order valence-corrected chi connectivity index (χ4v) is 5.70. The normalized spacial score (nSPS) is 12.6. The molecule has 0 aromatic heterocycles. The Kier molecular flexibility index (Phi) is 11.6. The summed E-state index contributed by atoms with van der Waals surface area (Å²) in [6.45, 7) is 8.28.